The molecule has 0 heterocycles. The fourth-order valence-electron chi connectivity index (χ4n) is 2.74. The molecule has 0 aliphatic carbocycles. The Morgan fingerprint density at radius 3 is 2.54 bits per heavy atom. The van der Waals surface area contributed by atoms with Crippen LogP contribution in [0.2, 0.25) is 5.02 Å². The van der Waals surface area contributed by atoms with Gasteiger partial charge < -0.3 is 10.1 Å². The van der Waals surface area contributed by atoms with E-state index in [4.69, 9.17) is 16.3 Å². The Bertz CT molecular complexity index is 953. The second kappa shape index (κ2) is 9.25. The third-order valence-electron chi connectivity index (χ3n) is 3.90. The minimum Gasteiger partial charge on any atom is -0.494 e. The SMILES string of the molecule is CCOc1cccc(NC(=O)C(CC)N(c2ccc(F)c(Cl)c2)S(C)(=O)=O)c1. The lowest BCUT2D eigenvalue weighted by atomic mass is 10.1. The van der Waals surface area contributed by atoms with E-state index in [1.807, 2.05) is 6.92 Å². The van der Waals surface area contributed by atoms with E-state index < -0.39 is 27.8 Å². The molecule has 6 nitrogen and oxygen atoms in total. The highest BCUT2D eigenvalue weighted by Crippen LogP contribution is 2.28. The van der Waals surface area contributed by atoms with Crippen LogP contribution in [0.5, 0.6) is 5.75 Å². The van der Waals surface area contributed by atoms with Gasteiger partial charge in [-0.1, -0.05) is 24.6 Å². The summed E-state index contributed by atoms with van der Waals surface area (Å²) < 4.78 is 44.7. The molecule has 0 aromatic heterocycles. The number of carbonyl (C=O) groups is 1. The van der Waals surface area contributed by atoms with Crippen molar-refractivity contribution in [3.05, 3.63) is 53.3 Å². The second-order valence-corrected chi connectivity index (χ2v) is 8.30. The van der Waals surface area contributed by atoms with Crippen molar-refractivity contribution in [2.75, 3.05) is 22.5 Å². The van der Waals surface area contributed by atoms with Gasteiger partial charge in [-0.3, -0.25) is 9.10 Å². The van der Waals surface area contributed by atoms with Crippen molar-refractivity contribution < 1.29 is 22.3 Å². The Morgan fingerprint density at radius 1 is 1.25 bits per heavy atom. The largest absolute Gasteiger partial charge is 0.494 e. The van der Waals surface area contributed by atoms with Crippen LogP contribution in [0.4, 0.5) is 15.8 Å². The maximum absolute atomic E-state index is 13.5. The van der Waals surface area contributed by atoms with Gasteiger partial charge in [-0.25, -0.2) is 12.8 Å². The monoisotopic (exact) mass is 428 g/mol. The third kappa shape index (κ3) is 5.36. The molecule has 1 N–H and O–H groups in total. The average molecular weight is 429 g/mol. The number of hydrogen-bond acceptors (Lipinski definition) is 4. The lowest BCUT2D eigenvalue weighted by molar-refractivity contribution is -0.117. The van der Waals surface area contributed by atoms with Crippen molar-refractivity contribution in [2.24, 2.45) is 0 Å². The molecule has 152 valence electrons. The van der Waals surface area contributed by atoms with E-state index in [1.165, 1.54) is 12.1 Å². The summed E-state index contributed by atoms with van der Waals surface area (Å²) in [5.41, 5.74) is 0.582. The first-order valence-electron chi connectivity index (χ1n) is 8.65. The Labute approximate surface area is 169 Å². The molecule has 1 unspecified atom stereocenters. The molecule has 0 fully saturated rings. The van der Waals surface area contributed by atoms with Crippen LogP contribution in [0.25, 0.3) is 0 Å². The fourth-order valence-corrected chi connectivity index (χ4v) is 4.12. The molecule has 28 heavy (non-hydrogen) atoms. The van der Waals surface area contributed by atoms with Gasteiger partial charge in [-0.15, -0.1) is 0 Å². The number of carbonyl (C=O) groups excluding carboxylic acids is 1. The zero-order valence-electron chi connectivity index (χ0n) is 15.8. The third-order valence-corrected chi connectivity index (χ3v) is 5.37. The first-order valence-corrected chi connectivity index (χ1v) is 10.9. The number of ether oxygens (including phenoxy) is 1. The molecule has 0 saturated heterocycles. The van der Waals surface area contributed by atoms with E-state index in [0.29, 0.717) is 18.0 Å². The summed E-state index contributed by atoms with van der Waals surface area (Å²) in [5.74, 6) is -0.621. The van der Waals surface area contributed by atoms with Crippen molar-refractivity contribution in [3.63, 3.8) is 0 Å². The smallest absolute Gasteiger partial charge is 0.248 e. The lowest BCUT2D eigenvalue weighted by Crippen LogP contribution is -2.47. The predicted molar refractivity (Wildman–Crippen MR) is 109 cm³/mol. The maximum Gasteiger partial charge on any atom is 0.248 e. The van der Waals surface area contributed by atoms with Crippen LogP contribution < -0.4 is 14.4 Å². The lowest BCUT2D eigenvalue weighted by Gasteiger charge is -2.30. The van der Waals surface area contributed by atoms with Gasteiger partial charge in [0.1, 0.15) is 17.6 Å². The summed E-state index contributed by atoms with van der Waals surface area (Å²) in [4.78, 5) is 12.9. The topological polar surface area (TPSA) is 75.7 Å². The summed E-state index contributed by atoms with van der Waals surface area (Å²) in [6.07, 6.45) is 1.18. The highest BCUT2D eigenvalue weighted by molar-refractivity contribution is 7.92. The highest BCUT2D eigenvalue weighted by atomic mass is 35.5. The van der Waals surface area contributed by atoms with Gasteiger partial charge in [0.2, 0.25) is 15.9 Å². The summed E-state index contributed by atoms with van der Waals surface area (Å²) in [6, 6.07) is 9.26. The van der Waals surface area contributed by atoms with Crippen LogP contribution in [0.1, 0.15) is 20.3 Å². The maximum atomic E-state index is 13.5. The van der Waals surface area contributed by atoms with Gasteiger partial charge in [0.15, 0.2) is 0 Å². The highest BCUT2D eigenvalue weighted by Gasteiger charge is 2.32. The molecule has 0 saturated carbocycles. The molecule has 0 bridgehead atoms. The van der Waals surface area contributed by atoms with E-state index in [9.17, 15) is 17.6 Å². The van der Waals surface area contributed by atoms with Crippen molar-refractivity contribution in [2.45, 2.75) is 26.3 Å². The standard InChI is InChI=1S/C19H22ClFN2O4S/c1-4-18(19(24)22-13-7-6-8-15(11-13)27-5-2)23(28(3,25)26)14-9-10-17(21)16(20)12-14/h6-12,18H,4-5H2,1-3H3,(H,22,24). The second-order valence-electron chi connectivity index (χ2n) is 6.03. The van der Waals surface area contributed by atoms with Gasteiger partial charge in [0, 0.05) is 11.8 Å². The van der Waals surface area contributed by atoms with Crippen molar-refractivity contribution >= 4 is 38.9 Å². The molecule has 2 aromatic rings. The van der Waals surface area contributed by atoms with Crippen molar-refractivity contribution in [1.29, 1.82) is 0 Å². The molecule has 9 heteroatoms. The number of benzene rings is 2. The molecular formula is C19H22ClFN2O4S. The summed E-state index contributed by atoms with van der Waals surface area (Å²) in [5, 5.41) is 2.48. The van der Waals surface area contributed by atoms with Gasteiger partial charge in [0.05, 0.1) is 23.6 Å². The molecule has 0 aliphatic rings. The summed E-state index contributed by atoms with van der Waals surface area (Å²) in [7, 11) is -3.85. The van der Waals surface area contributed by atoms with Crippen LogP contribution in [0, 0.1) is 5.82 Å². The van der Waals surface area contributed by atoms with Gasteiger partial charge in [-0.05, 0) is 43.7 Å². The number of nitrogens with zero attached hydrogens (tertiary/aromatic N) is 1. The Kier molecular flexibility index (Phi) is 7.26. The van der Waals surface area contributed by atoms with Crippen LogP contribution in [-0.4, -0.2) is 33.2 Å². The van der Waals surface area contributed by atoms with Crippen LogP contribution in [-0.2, 0) is 14.8 Å². The van der Waals surface area contributed by atoms with Gasteiger partial charge >= 0.3 is 0 Å². The first-order chi connectivity index (χ1) is 13.2. The number of amides is 1. The van der Waals surface area contributed by atoms with Crippen molar-refractivity contribution in [1.82, 2.24) is 0 Å². The molecule has 1 atom stereocenters. The molecular weight excluding hydrogens is 407 g/mol. The molecule has 1 amide bonds. The Morgan fingerprint density at radius 2 is 1.96 bits per heavy atom. The number of hydrogen-bond donors (Lipinski definition) is 1. The van der Waals surface area contributed by atoms with E-state index in [1.54, 1.807) is 31.2 Å². The normalized spacial score (nSPS) is 12.3. The number of sulfonamides is 1. The quantitative estimate of drug-likeness (QED) is 0.687. The van der Waals surface area contributed by atoms with E-state index in [0.717, 1.165) is 16.6 Å². The van der Waals surface area contributed by atoms with E-state index in [2.05, 4.69) is 5.32 Å². The number of rotatable bonds is 8. The minimum atomic E-state index is -3.85. The fraction of sp³-hybridized carbons (Fsp3) is 0.316. The van der Waals surface area contributed by atoms with E-state index in [-0.39, 0.29) is 17.1 Å². The minimum absolute atomic E-state index is 0.110. The number of halogens is 2. The Hall–Kier alpha value is -2.32. The zero-order chi connectivity index (χ0) is 20.9. The number of nitrogens with one attached hydrogen (secondary N) is 1. The van der Waals surface area contributed by atoms with Crippen LogP contribution in [0.15, 0.2) is 42.5 Å². The van der Waals surface area contributed by atoms with Gasteiger partial charge in [-0.2, -0.15) is 0 Å². The summed E-state index contributed by atoms with van der Waals surface area (Å²) in [6.45, 7) is 4.00. The summed E-state index contributed by atoms with van der Waals surface area (Å²) >= 11 is 5.80. The molecule has 0 aliphatic heterocycles. The Balaban J connectivity index is 2.36. The molecule has 0 radical (unpaired) electrons. The van der Waals surface area contributed by atoms with E-state index >= 15 is 0 Å². The first kappa shape index (κ1) is 22.0. The molecule has 2 aromatic carbocycles. The molecule has 2 rings (SSSR count). The van der Waals surface area contributed by atoms with Crippen LogP contribution in [0.3, 0.4) is 0 Å². The van der Waals surface area contributed by atoms with Crippen LogP contribution >= 0.6 is 11.6 Å². The average Bonchev–Trinajstić information content (AvgIpc) is 2.61. The number of anilines is 2. The van der Waals surface area contributed by atoms with Crippen molar-refractivity contribution in [3.8, 4) is 5.75 Å². The zero-order valence-corrected chi connectivity index (χ0v) is 17.3. The predicted octanol–water partition coefficient (Wildman–Crippen LogP) is 4.06. The van der Waals surface area contributed by atoms with Gasteiger partial charge in [0.25, 0.3) is 0 Å². The molecule has 0 spiro atoms.